The number of nitrogens with one attached hydrogen (secondary N) is 2. The summed E-state index contributed by atoms with van der Waals surface area (Å²) in [6.07, 6.45) is 3.18. The molecule has 1 atom stereocenters. The van der Waals surface area contributed by atoms with Gasteiger partial charge in [0.25, 0.3) is 0 Å². The lowest BCUT2D eigenvalue weighted by Gasteiger charge is -2.17. The fourth-order valence-electron chi connectivity index (χ4n) is 2.86. The normalized spacial score (nSPS) is 12.7. The molecule has 0 amide bonds. The van der Waals surface area contributed by atoms with Crippen LogP contribution in [-0.4, -0.2) is 46.3 Å². The maximum Gasteiger partial charge on any atom is 0.191 e. The van der Waals surface area contributed by atoms with E-state index in [9.17, 15) is 4.39 Å². The Morgan fingerprint density at radius 2 is 1.97 bits per heavy atom. The molecule has 0 saturated carbocycles. The van der Waals surface area contributed by atoms with E-state index in [0.29, 0.717) is 25.5 Å². The van der Waals surface area contributed by atoms with E-state index in [2.05, 4.69) is 25.8 Å². The number of aromatic nitrogens is 3. The third-order valence-corrected chi connectivity index (χ3v) is 4.41. The van der Waals surface area contributed by atoms with Gasteiger partial charge in [0.1, 0.15) is 11.9 Å². The molecule has 2 heterocycles. The number of halogens is 1. The molecule has 3 aromatic rings. The Labute approximate surface area is 170 Å². The van der Waals surface area contributed by atoms with Gasteiger partial charge in [-0.2, -0.15) is 0 Å². The number of nitrogens with zero attached hydrogens (tertiary/aromatic N) is 4. The number of para-hydroxylation sites is 1. The summed E-state index contributed by atoms with van der Waals surface area (Å²) in [4.78, 5) is 4.60. The van der Waals surface area contributed by atoms with E-state index < -0.39 is 0 Å². The van der Waals surface area contributed by atoms with Crippen LogP contribution in [0.4, 0.5) is 4.39 Å². The van der Waals surface area contributed by atoms with Gasteiger partial charge in [0.2, 0.25) is 0 Å². The second-order valence-electron chi connectivity index (χ2n) is 6.52. The van der Waals surface area contributed by atoms with Gasteiger partial charge in [-0.05, 0) is 37.6 Å². The van der Waals surface area contributed by atoms with Crippen molar-refractivity contribution in [1.29, 1.82) is 0 Å². The molecule has 0 aliphatic carbocycles. The highest BCUT2D eigenvalue weighted by Crippen LogP contribution is 2.18. The van der Waals surface area contributed by atoms with E-state index in [1.165, 1.54) is 6.07 Å². The number of pyridine rings is 1. The molecule has 0 saturated heterocycles. The molecule has 0 aliphatic rings. The van der Waals surface area contributed by atoms with Crippen molar-refractivity contribution in [2.45, 2.75) is 32.8 Å². The summed E-state index contributed by atoms with van der Waals surface area (Å²) in [7, 11) is 0. The standard InChI is InChI=1S/C21H27FN6O/c1-3-16(29-18-10-6-5-9-17(18)22)15-25-21(23-4-2)24-13-12-20-27-26-19-11-7-8-14-28(19)20/h5-11,14,16H,3-4,12-13,15H2,1-2H3,(H2,23,24,25). The summed E-state index contributed by atoms with van der Waals surface area (Å²) in [6.45, 7) is 5.83. The van der Waals surface area contributed by atoms with Gasteiger partial charge in [-0.1, -0.05) is 25.1 Å². The van der Waals surface area contributed by atoms with Gasteiger partial charge in [-0.3, -0.25) is 4.40 Å². The van der Waals surface area contributed by atoms with Crippen molar-refractivity contribution in [2.24, 2.45) is 4.99 Å². The van der Waals surface area contributed by atoms with Crippen LogP contribution in [0.1, 0.15) is 26.1 Å². The molecular weight excluding hydrogens is 371 g/mol. The lowest BCUT2D eigenvalue weighted by Crippen LogP contribution is -2.39. The van der Waals surface area contributed by atoms with Crippen molar-refractivity contribution in [2.75, 3.05) is 19.6 Å². The zero-order valence-corrected chi connectivity index (χ0v) is 16.8. The molecule has 2 aromatic heterocycles. The van der Waals surface area contributed by atoms with Crippen LogP contribution >= 0.6 is 0 Å². The Morgan fingerprint density at radius 1 is 1.14 bits per heavy atom. The number of benzene rings is 1. The van der Waals surface area contributed by atoms with Gasteiger partial charge in [-0.25, -0.2) is 9.38 Å². The number of guanidine groups is 1. The largest absolute Gasteiger partial charge is 0.485 e. The van der Waals surface area contributed by atoms with Crippen molar-refractivity contribution >= 4 is 11.6 Å². The van der Waals surface area contributed by atoms with E-state index in [1.54, 1.807) is 18.2 Å². The van der Waals surface area contributed by atoms with Crippen molar-refractivity contribution in [3.05, 3.63) is 60.3 Å². The molecule has 0 fully saturated rings. The Kier molecular flexibility index (Phi) is 7.38. The lowest BCUT2D eigenvalue weighted by atomic mass is 10.2. The molecule has 7 nitrogen and oxygen atoms in total. The first-order valence-electron chi connectivity index (χ1n) is 9.93. The first kappa shape index (κ1) is 20.6. The first-order valence-corrected chi connectivity index (χ1v) is 9.93. The Bertz CT molecular complexity index is 942. The zero-order chi connectivity index (χ0) is 20.5. The third kappa shape index (κ3) is 5.66. The van der Waals surface area contributed by atoms with E-state index in [1.807, 2.05) is 42.6 Å². The lowest BCUT2D eigenvalue weighted by molar-refractivity contribution is 0.196. The van der Waals surface area contributed by atoms with E-state index in [-0.39, 0.29) is 17.7 Å². The summed E-state index contributed by atoms with van der Waals surface area (Å²) in [5.74, 6) is 1.47. The number of rotatable bonds is 9. The minimum Gasteiger partial charge on any atom is -0.485 e. The molecule has 8 heteroatoms. The fraction of sp³-hybridized carbons (Fsp3) is 0.381. The monoisotopic (exact) mass is 398 g/mol. The SMILES string of the molecule is CCNC(=NCC(CC)Oc1ccccc1F)NCCc1nnc2ccccn12. The van der Waals surface area contributed by atoms with Crippen LogP contribution in [0.15, 0.2) is 53.7 Å². The highest BCUT2D eigenvalue weighted by atomic mass is 19.1. The predicted octanol–water partition coefficient (Wildman–Crippen LogP) is 2.82. The molecule has 0 spiro atoms. The first-order chi connectivity index (χ1) is 14.2. The molecule has 2 N–H and O–H groups in total. The molecule has 154 valence electrons. The molecule has 3 rings (SSSR count). The Morgan fingerprint density at radius 3 is 2.76 bits per heavy atom. The van der Waals surface area contributed by atoms with Gasteiger partial charge >= 0.3 is 0 Å². The van der Waals surface area contributed by atoms with Crippen molar-refractivity contribution in [3.63, 3.8) is 0 Å². The summed E-state index contributed by atoms with van der Waals surface area (Å²) in [5, 5.41) is 14.9. The van der Waals surface area contributed by atoms with Gasteiger partial charge < -0.3 is 15.4 Å². The van der Waals surface area contributed by atoms with Crippen LogP contribution in [0.25, 0.3) is 5.65 Å². The van der Waals surface area contributed by atoms with E-state index in [0.717, 1.165) is 24.4 Å². The number of hydrogen-bond acceptors (Lipinski definition) is 4. The molecule has 0 radical (unpaired) electrons. The molecule has 0 aliphatic heterocycles. The number of fused-ring (bicyclic) bond motifs is 1. The van der Waals surface area contributed by atoms with Gasteiger partial charge in [-0.15, -0.1) is 10.2 Å². The summed E-state index contributed by atoms with van der Waals surface area (Å²) < 4.78 is 21.6. The van der Waals surface area contributed by atoms with Crippen molar-refractivity contribution in [1.82, 2.24) is 25.2 Å². The van der Waals surface area contributed by atoms with Crippen LogP contribution in [0.5, 0.6) is 5.75 Å². The minimum absolute atomic E-state index is 0.206. The molecule has 1 aromatic carbocycles. The smallest absolute Gasteiger partial charge is 0.191 e. The maximum absolute atomic E-state index is 13.8. The minimum atomic E-state index is -0.361. The highest BCUT2D eigenvalue weighted by Gasteiger charge is 2.11. The van der Waals surface area contributed by atoms with Gasteiger partial charge in [0.05, 0.1) is 6.54 Å². The summed E-state index contributed by atoms with van der Waals surface area (Å²) in [6, 6.07) is 12.3. The van der Waals surface area contributed by atoms with Crippen LogP contribution in [0, 0.1) is 5.82 Å². The number of aliphatic imine (C=N–C) groups is 1. The van der Waals surface area contributed by atoms with Crippen LogP contribution < -0.4 is 15.4 Å². The molecule has 29 heavy (non-hydrogen) atoms. The Balaban J connectivity index is 1.56. The average molecular weight is 398 g/mol. The number of hydrogen-bond donors (Lipinski definition) is 2. The van der Waals surface area contributed by atoms with Crippen molar-refractivity contribution in [3.8, 4) is 5.75 Å². The summed E-state index contributed by atoms with van der Waals surface area (Å²) >= 11 is 0. The fourth-order valence-corrected chi connectivity index (χ4v) is 2.86. The number of ether oxygens (including phenoxy) is 1. The summed E-state index contributed by atoms with van der Waals surface area (Å²) in [5.41, 5.74) is 0.833. The van der Waals surface area contributed by atoms with E-state index >= 15 is 0 Å². The van der Waals surface area contributed by atoms with Gasteiger partial charge in [0.15, 0.2) is 23.2 Å². The quantitative estimate of drug-likeness (QED) is 0.428. The maximum atomic E-state index is 13.8. The second kappa shape index (κ2) is 10.4. The average Bonchev–Trinajstić information content (AvgIpc) is 3.15. The van der Waals surface area contributed by atoms with Gasteiger partial charge in [0, 0.05) is 25.7 Å². The third-order valence-electron chi connectivity index (χ3n) is 4.41. The molecule has 0 bridgehead atoms. The van der Waals surface area contributed by atoms with E-state index in [4.69, 9.17) is 4.74 Å². The van der Waals surface area contributed by atoms with Crippen LogP contribution in [0.2, 0.25) is 0 Å². The van der Waals surface area contributed by atoms with Crippen LogP contribution in [-0.2, 0) is 6.42 Å². The highest BCUT2D eigenvalue weighted by molar-refractivity contribution is 5.79. The second-order valence-corrected chi connectivity index (χ2v) is 6.52. The molecular formula is C21H27FN6O. The Hall–Kier alpha value is -3.16. The van der Waals surface area contributed by atoms with Crippen molar-refractivity contribution < 1.29 is 9.13 Å². The predicted molar refractivity (Wildman–Crippen MR) is 112 cm³/mol. The molecule has 1 unspecified atom stereocenters. The zero-order valence-electron chi connectivity index (χ0n) is 16.8. The topological polar surface area (TPSA) is 75.8 Å². The van der Waals surface area contributed by atoms with Crippen LogP contribution in [0.3, 0.4) is 0 Å².